The molecule has 8 nitrogen and oxygen atoms in total. The first-order valence-corrected chi connectivity index (χ1v) is 8.26. The van der Waals surface area contributed by atoms with E-state index in [4.69, 9.17) is 4.42 Å². The van der Waals surface area contributed by atoms with Crippen LogP contribution >= 0.6 is 0 Å². The van der Waals surface area contributed by atoms with Crippen molar-refractivity contribution in [2.45, 2.75) is 6.18 Å². The van der Waals surface area contributed by atoms with Crippen LogP contribution in [-0.2, 0) is 6.18 Å². The lowest BCUT2D eigenvalue weighted by atomic mass is 10.1. The summed E-state index contributed by atoms with van der Waals surface area (Å²) in [6.45, 7) is 0. The van der Waals surface area contributed by atoms with Gasteiger partial charge in [0.15, 0.2) is 0 Å². The third kappa shape index (κ3) is 4.63. The van der Waals surface area contributed by atoms with Gasteiger partial charge in [0.2, 0.25) is 0 Å². The molecule has 30 heavy (non-hydrogen) atoms. The first kappa shape index (κ1) is 20.6. The van der Waals surface area contributed by atoms with Gasteiger partial charge >= 0.3 is 6.18 Å². The zero-order valence-corrected chi connectivity index (χ0v) is 14.9. The van der Waals surface area contributed by atoms with Crippen molar-refractivity contribution >= 4 is 28.9 Å². The molecular weight excluding hydrogens is 407 g/mol. The number of hydrogen-bond acceptors (Lipinski definition) is 5. The third-order valence-corrected chi connectivity index (χ3v) is 3.93. The molecule has 0 saturated heterocycles. The average Bonchev–Trinajstić information content (AvgIpc) is 3.23. The highest BCUT2D eigenvalue weighted by molar-refractivity contribution is 6.06. The first-order valence-electron chi connectivity index (χ1n) is 8.26. The van der Waals surface area contributed by atoms with Gasteiger partial charge in [-0.05, 0) is 30.3 Å². The van der Waals surface area contributed by atoms with E-state index in [1.165, 1.54) is 30.5 Å². The Hall–Kier alpha value is -4.15. The van der Waals surface area contributed by atoms with E-state index in [1.54, 1.807) is 0 Å². The Kier molecular flexibility index (Phi) is 5.54. The number of nitrogens with zero attached hydrogens (tertiary/aromatic N) is 1. The maximum absolute atomic E-state index is 13.5. The largest absolute Gasteiger partial charge is 0.472 e. The SMILES string of the molecule is O=C(Nc1ccc(NC(=O)c2cccc([N+](=O)[O-])c2)c(C(F)(F)F)c1)c1ccoc1. The summed E-state index contributed by atoms with van der Waals surface area (Å²) in [5, 5.41) is 15.2. The molecule has 3 rings (SSSR count). The van der Waals surface area contributed by atoms with Gasteiger partial charge < -0.3 is 15.1 Å². The Labute approximate surface area is 166 Å². The van der Waals surface area contributed by atoms with E-state index in [-0.39, 0.29) is 22.5 Å². The van der Waals surface area contributed by atoms with Crippen LogP contribution in [0.1, 0.15) is 26.3 Å². The smallest absolute Gasteiger partial charge is 0.418 e. The number of rotatable bonds is 5. The Morgan fingerprint density at radius 2 is 1.70 bits per heavy atom. The van der Waals surface area contributed by atoms with Crippen molar-refractivity contribution in [3.05, 3.63) is 87.9 Å². The molecule has 1 aromatic heterocycles. The Bertz CT molecular complexity index is 1110. The number of anilines is 2. The second-order valence-electron chi connectivity index (χ2n) is 5.99. The van der Waals surface area contributed by atoms with Crippen LogP contribution in [0.4, 0.5) is 30.2 Å². The predicted molar refractivity (Wildman–Crippen MR) is 99.2 cm³/mol. The number of furan rings is 1. The number of alkyl halides is 3. The molecule has 3 aromatic rings. The lowest BCUT2D eigenvalue weighted by Crippen LogP contribution is -2.18. The van der Waals surface area contributed by atoms with E-state index in [1.807, 2.05) is 0 Å². The topological polar surface area (TPSA) is 114 Å². The minimum atomic E-state index is -4.85. The van der Waals surface area contributed by atoms with Gasteiger partial charge in [0.1, 0.15) is 6.26 Å². The summed E-state index contributed by atoms with van der Waals surface area (Å²) < 4.78 is 45.2. The van der Waals surface area contributed by atoms with E-state index in [0.29, 0.717) is 6.07 Å². The molecule has 1 heterocycles. The Morgan fingerprint density at radius 1 is 0.967 bits per heavy atom. The van der Waals surface area contributed by atoms with Crippen LogP contribution in [0, 0.1) is 10.1 Å². The number of nitrogens with one attached hydrogen (secondary N) is 2. The third-order valence-electron chi connectivity index (χ3n) is 3.93. The zero-order valence-electron chi connectivity index (χ0n) is 14.9. The van der Waals surface area contributed by atoms with E-state index in [2.05, 4.69) is 10.6 Å². The molecule has 0 unspecified atom stereocenters. The number of hydrogen-bond donors (Lipinski definition) is 2. The van der Waals surface area contributed by atoms with Crippen LogP contribution in [0.15, 0.2) is 65.5 Å². The molecule has 0 fully saturated rings. The standard InChI is InChI=1S/C19H12F3N3O5/c20-19(21,22)15-9-13(23-18(27)12-6-7-30-10-12)4-5-16(15)24-17(26)11-2-1-3-14(8-11)25(28)29/h1-10H,(H,23,27)(H,24,26). The second-order valence-corrected chi connectivity index (χ2v) is 5.99. The zero-order chi connectivity index (χ0) is 21.9. The highest BCUT2D eigenvalue weighted by atomic mass is 19.4. The fraction of sp³-hybridized carbons (Fsp3) is 0.0526. The van der Waals surface area contributed by atoms with Crippen molar-refractivity contribution in [2.75, 3.05) is 10.6 Å². The second kappa shape index (κ2) is 8.07. The maximum Gasteiger partial charge on any atom is 0.418 e. The van der Waals surface area contributed by atoms with Crippen LogP contribution in [0.2, 0.25) is 0 Å². The summed E-state index contributed by atoms with van der Waals surface area (Å²) in [4.78, 5) is 34.4. The van der Waals surface area contributed by atoms with E-state index < -0.39 is 34.2 Å². The molecule has 2 amide bonds. The van der Waals surface area contributed by atoms with Crippen LogP contribution < -0.4 is 10.6 Å². The van der Waals surface area contributed by atoms with E-state index in [0.717, 1.165) is 24.5 Å². The van der Waals surface area contributed by atoms with Gasteiger partial charge in [0.05, 0.1) is 28.0 Å². The van der Waals surface area contributed by atoms with Gasteiger partial charge in [-0.15, -0.1) is 0 Å². The van der Waals surface area contributed by atoms with E-state index >= 15 is 0 Å². The average molecular weight is 419 g/mol. The number of nitro benzene ring substituents is 1. The summed E-state index contributed by atoms with van der Waals surface area (Å²) in [6, 6.07) is 8.73. The number of nitro groups is 1. The summed E-state index contributed by atoms with van der Waals surface area (Å²) in [5.74, 6) is -1.63. The number of benzene rings is 2. The molecule has 0 aliphatic rings. The molecule has 2 N–H and O–H groups in total. The van der Waals surface area contributed by atoms with Crippen LogP contribution in [0.3, 0.4) is 0 Å². The van der Waals surface area contributed by atoms with Gasteiger partial charge in [0.25, 0.3) is 17.5 Å². The number of carbonyl (C=O) groups excluding carboxylic acids is 2. The van der Waals surface area contributed by atoms with Crippen molar-refractivity contribution in [1.29, 1.82) is 0 Å². The molecule has 0 atom stereocenters. The highest BCUT2D eigenvalue weighted by Gasteiger charge is 2.34. The molecule has 11 heteroatoms. The summed E-state index contributed by atoms with van der Waals surface area (Å²) in [5.41, 5.74) is -2.37. The van der Waals surface area contributed by atoms with Crippen molar-refractivity contribution in [2.24, 2.45) is 0 Å². The molecule has 2 aromatic carbocycles. The molecular formula is C19H12F3N3O5. The van der Waals surface area contributed by atoms with Gasteiger partial charge in [0, 0.05) is 23.4 Å². The van der Waals surface area contributed by atoms with Crippen LogP contribution in [0.25, 0.3) is 0 Å². The summed E-state index contributed by atoms with van der Waals surface area (Å²) >= 11 is 0. The number of amides is 2. The highest BCUT2D eigenvalue weighted by Crippen LogP contribution is 2.37. The minimum absolute atomic E-state index is 0.117. The minimum Gasteiger partial charge on any atom is -0.472 e. The van der Waals surface area contributed by atoms with Gasteiger partial charge in [-0.25, -0.2) is 0 Å². The van der Waals surface area contributed by atoms with Gasteiger partial charge in [-0.3, -0.25) is 19.7 Å². The maximum atomic E-state index is 13.5. The van der Waals surface area contributed by atoms with Crippen molar-refractivity contribution in [1.82, 2.24) is 0 Å². The molecule has 0 aliphatic heterocycles. The monoisotopic (exact) mass is 419 g/mol. The predicted octanol–water partition coefficient (Wildman–Crippen LogP) is 4.71. The lowest BCUT2D eigenvalue weighted by Gasteiger charge is -2.16. The molecule has 0 spiro atoms. The summed E-state index contributed by atoms with van der Waals surface area (Å²) in [6.07, 6.45) is -2.47. The molecule has 0 bridgehead atoms. The molecule has 0 saturated carbocycles. The number of halogens is 3. The molecule has 0 aliphatic carbocycles. The lowest BCUT2D eigenvalue weighted by molar-refractivity contribution is -0.384. The van der Waals surface area contributed by atoms with E-state index in [9.17, 15) is 32.9 Å². The normalized spacial score (nSPS) is 11.0. The van der Waals surface area contributed by atoms with Crippen molar-refractivity contribution in [3.8, 4) is 0 Å². The fourth-order valence-electron chi connectivity index (χ4n) is 2.52. The molecule has 0 radical (unpaired) electrons. The van der Waals surface area contributed by atoms with Crippen LogP contribution in [0.5, 0.6) is 0 Å². The number of non-ortho nitro benzene ring substituents is 1. The Morgan fingerprint density at radius 3 is 2.33 bits per heavy atom. The Balaban J connectivity index is 1.87. The van der Waals surface area contributed by atoms with Gasteiger partial charge in [-0.2, -0.15) is 13.2 Å². The molecule has 154 valence electrons. The fourth-order valence-corrected chi connectivity index (χ4v) is 2.52. The summed E-state index contributed by atoms with van der Waals surface area (Å²) in [7, 11) is 0. The van der Waals surface area contributed by atoms with Crippen LogP contribution in [-0.4, -0.2) is 16.7 Å². The quantitative estimate of drug-likeness (QED) is 0.459. The van der Waals surface area contributed by atoms with Crippen molar-refractivity contribution < 1.29 is 32.1 Å². The number of carbonyl (C=O) groups is 2. The van der Waals surface area contributed by atoms with Crippen molar-refractivity contribution in [3.63, 3.8) is 0 Å². The van der Waals surface area contributed by atoms with Gasteiger partial charge in [-0.1, -0.05) is 6.07 Å². The first-order chi connectivity index (χ1) is 14.1.